The van der Waals surface area contributed by atoms with Gasteiger partial charge < -0.3 is 4.74 Å². The Bertz CT molecular complexity index is 169. The van der Waals surface area contributed by atoms with Gasteiger partial charge in [0.1, 0.15) is 0 Å². The summed E-state index contributed by atoms with van der Waals surface area (Å²) >= 11 is 1.73. The van der Waals surface area contributed by atoms with E-state index in [-0.39, 0.29) is 6.10 Å². The van der Waals surface area contributed by atoms with Crippen molar-refractivity contribution in [2.24, 2.45) is 0 Å². The topological polar surface area (TPSA) is 9.23 Å². The quantitative estimate of drug-likeness (QED) is 0.652. The molecular formula is C8H11OS. The van der Waals surface area contributed by atoms with Gasteiger partial charge in [-0.1, -0.05) is 6.07 Å². The SMILES string of the molecule is C[CH]OC(C)c1cccs1. The van der Waals surface area contributed by atoms with Crippen molar-refractivity contribution in [1.29, 1.82) is 0 Å². The van der Waals surface area contributed by atoms with Gasteiger partial charge in [0.15, 0.2) is 0 Å². The molecule has 0 fully saturated rings. The average Bonchev–Trinajstić information content (AvgIpc) is 2.38. The molecule has 0 aromatic carbocycles. The zero-order valence-electron chi connectivity index (χ0n) is 6.20. The van der Waals surface area contributed by atoms with Crippen LogP contribution in [0.1, 0.15) is 24.8 Å². The van der Waals surface area contributed by atoms with Gasteiger partial charge in [-0.05, 0) is 25.3 Å². The second kappa shape index (κ2) is 3.74. The molecule has 1 aromatic rings. The molecule has 1 atom stereocenters. The van der Waals surface area contributed by atoms with Gasteiger partial charge in [0, 0.05) is 4.88 Å². The van der Waals surface area contributed by atoms with E-state index in [2.05, 4.69) is 11.4 Å². The largest absolute Gasteiger partial charge is 0.367 e. The summed E-state index contributed by atoms with van der Waals surface area (Å²) in [6.07, 6.45) is 0.213. The van der Waals surface area contributed by atoms with Crippen molar-refractivity contribution in [3.05, 3.63) is 29.0 Å². The minimum absolute atomic E-state index is 0.213. The number of hydrogen-bond acceptors (Lipinski definition) is 2. The van der Waals surface area contributed by atoms with Gasteiger partial charge in [0.05, 0.1) is 12.7 Å². The van der Waals surface area contributed by atoms with E-state index in [1.807, 2.05) is 19.9 Å². The molecule has 0 aliphatic rings. The minimum atomic E-state index is 0.213. The zero-order valence-corrected chi connectivity index (χ0v) is 7.02. The summed E-state index contributed by atoms with van der Waals surface area (Å²) in [4.78, 5) is 1.28. The van der Waals surface area contributed by atoms with Crippen molar-refractivity contribution < 1.29 is 4.74 Å². The van der Waals surface area contributed by atoms with Crippen LogP contribution in [0.25, 0.3) is 0 Å². The summed E-state index contributed by atoms with van der Waals surface area (Å²) in [6, 6.07) is 4.12. The van der Waals surface area contributed by atoms with Crippen LogP contribution in [0.2, 0.25) is 0 Å². The van der Waals surface area contributed by atoms with Crippen LogP contribution in [0.15, 0.2) is 17.5 Å². The van der Waals surface area contributed by atoms with Crippen molar-refractivity contribution in [1.82, 2.24) is 0 Å². The second-order valence-corrected chi connectivity index (χ2v) is 3.01. The lowest BCUT2D eigenvalue weighted by molar-refractivity contribution is 0.129. The highest BCUT2D eigenvalue weighted by Crippen LogP contribution is 2.21. The molecule has 0 N–H and O–H groups in total. The lowest BCUT2D eigenvalue weighted by Crippen LogP contribution is -1.92. The third kappa shape index (κ3) is 1.82. The van der Waals surface area contributed by atoms with Gasteiger partial charge in [-0.15, -0.1) is 11.3 Å². The highest BCUT2D eigenvalue weighted by atomic mass is 32.1. The van der Waals surface area contributed by atoms with Crippen LogP contribution in [0.4, 0.5) is 0 Å². The standard InChI is InChI=1S/C8H11OS/c1-3-9-7(2)8-5-4-6-10-8/h3-7H,1-2H3. The first-order valence-electron chi connectivity index (χ1n) is 3.31. The molecule has 1 rings (SSSR count). The molecule has 10 heavy (non-hydrogen) atoms. The maximum atomic E-state index is 5.27. The van der Waals surface area contributed by atoms with Crippen LogP contribution in [-0.4, -0.2) is 0 Å². The van der Waals surface area contributed by atoms with E-state index in [1.54, 1.807) is 17.9 Å². The van der Waals surface area contributed by atoms with Crippen molar-refractivity contribution in [2.45, 2.75) is 20.0 Å². The van der Waals surface area contributed by atoms with E-state index in [4.69, 9.17) is 4.74 Å². The second-order valence-electron chi connectivity index (χ2n) is 2.03. The normalized spacial score (nSPS) is 13.4. The van der Waals surface area contributed by atoms with E-state index in [9.17, 15) is 0 Å². The Morgan fingerprint density at radius 2 is 2.50 bits per heavy atom. The average molecular weight is 155 g/mol. The molecule has 55 valence electrons. The molecule has 0 aliphatic heterocycles. The fourth-order valence-corrected chi connectivity index (χ4v) is 1.51. The minimum Gasteiger partial charge on any atom is -0.367 e. The van der Waals surface area contributed by atoms with Gasteiger partial charge >= 0.3 is 0 Å². The van der Waals surface area contributed by atoms with Gasteiger partial charge in [-0.25, -0.2) is 0 Å². The van der Waals surface area contributed by atoms with Crippen LogP contribution >= 0.6 is 11.3 Å². The molecular weight excluding hydrogens is 144 g/mol. The maximum absolute atomic E-state index is 5.27. The lowest BCUT2D eigenvalue weighted by Gasteiger charge is -2.07. The predicted molar refractivity (Wildman–Crippen MR) is 43.8 cm³/mol. The number of hydrogen-bond donors (Lipinski definition) is 0. The van der Waals surface area contributed by atoms with Crippen molar-refractivity contribution in [3.8, 4) is 0 Å². The fraction of sp³-hybridized carbons (Fsp3) is 0.375. The third-order valence-electron chi connectivity index (χ3n) is 1.28. The summed E-state index contributed by atoms with van der Waals surface area (Å²) < 4.78 is 5.27. The molecule has 1 aromatic heterocycles. The molecule has 1 unspecified atom stereocenters. The van der Waals surface area contributed by atoms with Gasteiger partial charge in [-0.3, -0.25) is 0 Å². The molecule has 0 bridgehead atoms. The van der Waals surface area contributed by atoms with E-state index in [0.29, 0.717) is 0 Å². The van der Waals surface area contributed by atoms with Crippen molar-refractivity contribution >= 4 is 11.3 Å². The first-order valence-corrected chi connectivity index (χ1v) is 4.19. The number of rotatable bonds is 3. The van der Waals surface area contributed by atoms with Crippen molar-refractivity contribution in [2.75, 3.05) is 0 Å². The highest BCUT2D eigenvalue weighted by Gasteiger charge is 2.03. The Labute approximate surface area is 65.6 Å². The van der Waals surface area contributed by atoms with Crippen molar-refractivity contribution in [3.63, 3.8) is 0 Å². The first kappa shape index (κ1) is 7.76. The Hall–Kier alpha value is -0.340. The molecule has 1 nitrogen and oxygen atoms in total. The molecule has 0 saturated carbocycles. The van der Waals surface area contributed by atoms with Crippen LogP contribution in [0.3, 0.4) is 0 Å². The molecule has 0 saturated heterocycles. The van der Waals surface area contributed by atoms with Crippen LogP contribution in [0.5, 0.6) is 0 Å². The van der Waals surface area contributed by atoms with E-state index in [1.165, 1.54) is 4.88 Å². The number of ether oxygens (including phenoxy) is 1. The molecule has 0 spiro atoms. The van der Waals surface area contributed by atoms with Crippen LogP contribution in [-0.2, 0) is 4.74 Å². The molecule has 0 amide bonds. The molecule has 0 aliphatic carbocycles. The summed E-state index contributed by atoms with van der Waals surface area (Å²) in [7, 11) is 0. The summed E-state index contributed by atoms with van der Waals surface area (Å²) in [6.45, 7) is 5.67. The van der Waals surface area contributed by atoms with Gasteiger partial charge in [0.2, 0.25) is 0 Å². The van der Waals surface area contributed by atoms with Crippen LogP contribution in [0, 0.1) is 6.61 Å². The van der Waals surface area contributed by atoms with Crippen LogP contribution < -0.4 is 0 Å². The summed E-state index contributed by atoms with van der Waals surface area (Å²) in [5, 5.41) is 2.06. The lowest BCUT2D eigenvalue weighted by atomic mass is 10.3. The predicted octanol–water partition coefficient (Wildman–Crippen LogP) is 3.01. The third-order valence-corrected chi connectivity index (χ3v) is 2.32. The Morgan fingerprint density at radius 3 is 3.00 bits per heavy atom. The maximum Gasteiger partial charge on any atom is 0.0893 e. The smallest absolute Gasteiger partial charge is 0.0893 e. The Morgan fingerprint density at radius 1 is 1.70 bits per heavy atom. The molecule has 1 heterocycles. The van der Waals surface area contributed by atoms with Gasteiger partial charge in [0.25, 0.3) is 0 Å². The van der Waals surface area contributed by atoms with E-state index < -0.39 is 0 Å². The highest BCUT2D eigenvalue weighted by molar-refractivity contribution is 7.10. The van der Waals surface area contributed by atoms with E-state index in [0.717, 1.165) is 0 Å². The first-order chi connectivity index (χ1) is 4.84. The molecule has 1 radical (unpaired) electrons. The Kier molecular flexibility index (Phi) is 2.90. The summed E-state index contributed by atoms with van der Waals surface area (Å²) in [5.74, 6) is 0. The monoisotopic (exact) mass is 155 g/mol. The zero-order chi connectivity index (χ0) is 7.40. The summed E-state index contributed by atoms with van der Waals surface area (Å²) in [5.41, 5.74) is 0. The van der Waals surface area contributed by atoms with E-state index >= 15 is 0 Å². The Balaban J connectivity index is 2.50. The molecule has 2 heteroatoms. The number of thiophene rings is 1. The fourth-order valence-electron chi connectivity index (χ4n) is 0.794. The van der Waals surface area contributed by atoms with Gasteiger partial charge in [-0.2, -0.15) is 0 Å².